The van der Waals surface area contributed by atoms with Crippen molar-refractivity contribution in [2.45, 2.75) is 44.4 Å². The molecule has 1 N–H and O–H groups in total. The molecular weight excluding hydrogens is 194 g/mol. The fraction of sp³-hybridized carbons (Fsp3) is 0.600. The third kappa shape index (κ3) is 1.78. The Labute approximate surface area is 98.3 Å². The van der Waals surface area contributed by atoms with Crippen molar-refractivity contribution in [3.63, 3.8) is 0 Å². The van der Waals surface area contributed by atoms with Crippen LogP contribution in [0.25, 0.3) is 0 Å². The molecule has 2 atom stereocenters. The van der Waals surface area contributed by atoms with Crippen LogP contribution in [0.15, 0.2) is 18.2 Å². The molecule has 0 aromatic heterocycles. The van der Waals surface area contributed by atoms with Crippen LogP contribution in [0.3, 0.4) is 0 Å². The normalized spacial score (nSPS) is 29.1. The van der Waals surface area contributed by atoms with Gasteiger partial charge in [-0.15, -0.1) is 0 Å². The molecule has 1 nitrogen and oxygen atoms in total. The van der Waals surface area contributed by atoms with Gasteiger partial charge in [-0.05, 0) is 60.8 Å². The standard InChI is InChI=1S/C15H21N/c1-11-3-2-4-12-5-6-13(9-15(11)12)14-7-8-16-10-14/h5-6,9,11,14,16H,2-4,7-8,10H2,1H3. The van der Waals surface area contributed by atoms with Gasteiger partial charge in [-0.2, -0.15) is 0 Å². The Morgan fingerprint density at radius 2 is 2.19 bits per heavy atom. The van der Waals surface area contributed by atoms with Gasteiger partial charge >= 0.3 is 0 Å². The topological polar surface area (TPSA) is 12.0 Å². The number of rotatable bonds is 1. The minimum Gasteiger partial charge on any atom is -0.316 e. The summed E-state index contributed by atoms with van der Waals surface area (Å²) in [6.45, 7) is 4.75. The second-order valence-corrected chi connectivity index (χ2v) is 5.44. The Kier molecular flexibility index (Phi) is 2.72. The lowest BCUT2D eigenvalue weighted by atomic mass is 9.81. The van der Waals surface area contributed by atoms with Crippen molar-refractivity contribution >= 4 is 0 Å². The Balaban J connectivity index is 1.93. The SMILES string of the molecule is CC1CCCc2ccc(C3CCNC3)cc21. The van der Waals surface area contributed by atoms with Gasteiger partial charge in [0.05, 0.1) is 0 Å². The van der Waals surface area contributed by atoms with E-state index in [4.69, 9.17) is 0 Å². The van der Waals surface area contributed by atoms with Crippen molar-refractivity contribution in [2.75, 3.05) is 13.1 Å². The molecule has 1 fully saturated rings. The predicted octanol–water partition coefficient (Wildman–Crippen LogP) is 3.20. The first kappa shape index (κ1) is 10.3. The first-order valence-corrected chi connectivity index (χ1v) is 6.68. The Hall–Kier alpha value is -0.820. The molecule has 1 aliphatic heterocycles. The summed E-state index contributed by atoms with van der Waals surface area (Å²) < 4.78 is 0. The zero-order chi connectivity index (χ0) is 11.0. The average molecular weight is 215 g/mol. The quantitative estimate of drug-likeness (QED) is 0.758. The van der Waals surface area contributed by atoms with Crippen molar-refractivity contribution in [2.24, 2.45) is 0 Å². The largest absolute Gasteiger partial charge is 0.316 e. The zero-order valence-electron chi connectivity index (χ0n) is 10.1. The molecule has 2 aliphatic rings. The predicted molar refractivity (Wildman–Crippen MR) is 68.0 cm³/mol. The molecule has 0 radical (unpaired) electrons. The second kappa shape index (κ2) is 4.21. The first-order valence-electron chi connectivity index (χ1n) is 6.68. The highest BCUT2D eigenvalue weighted by molar-refractivity contribution is 5.38. The van der Waals surface area contributed by atoms with E-state index >= 15 is 0 Å². The van der Waals surface area contributed by atoms with E-state index in [2.05, 4.69) is 30.4 Å². The second-order valence-electron chi connectivity index (χ2n) is 5.44. The van der Waals surface area contributed by atoms with Crippen LogP contribution in [0.2, 0.25) is 0 Å². The van der Waals surface area contributed by atoms with Crippen LogP contribution in [0.5, 0.6) is 0 Å². The Morgan fingerprint density at radius 3 is 3.00 bits per heavy atom. The Bertz CT molecular complexity index is 377. The van der Waals surface area contributed by atoms with Gasteiger partial charge in [0.25, 0.3) is 0 Å². The van der Waals surface area contributed by atoms with Gasteiger partial charge < -0.3 is 5.32 Å². The first-order chi connectivity index (χ1) is 7.84. The molecule has 2 unspecified atom stereocenters. The lowest BCUT2D eigenvalue weighted by Gasteiger charge is -2.24. The van der Waals surface area contributed by atoms with Gasteiger partial charge in [-0.3, -0.25) is 0 Å². The van der Waals surface area contributed by atoms with Crippen molar-refractivity contribution in [1.29, 1.82) is 0 Å². The maximum Gasteiger partial charge on any atom is 0.00206 e. The molecule has 1 heterocycles. The van der Waals surface area contributed by atoms with E-state index in [-0.39, 0.29) is 0 Å². The van der Waals surface area contributed by atoms with Crippen molar-refractivity contribution < 1.29 is 0 Å². The molecule has 86 valence electrons. The summed E-state index contributed by atoms with van der Waals surface area (Å²) in [5, 5.41) is 3.46. The lowest BCUT2D eigenvalue weighted by Crippen LogP contribution is -2.10. The highest BCUT2D eigenvalue weighted by atomic mass is 14.9. The summed E-state index contributed by atoms with van der Waals surface area (Å²) in [5.74, 6) is 1.54. The maximum absolute atomic E-state index is 3.46. The summed E-state index contributed by atoms with van der Waals surface area (Å²) in [5.41, 5.74) is 4.81. The summed E-state index contributed by atoms with van der Waals surface area (Å²) in [6, 6.07) is 7.25. The smallest absolute Gasteiger partial charge is 0.00206 e. The minimum absolute atomic E-state index is 0.763. The van der Waals surface area contributed by atoms with Crippen molar-refractivity contribution in [1.82, 2.24) is 5.32 Å². The van der Waals surface area contributed by atoms with Crippen LogP contribution >= 0.6 is 0 Å². The summed E-state index contributed by atoms with van der Waals surface area (Å²) in [4.78, 5) is 0. The van der Waals surface area contributed by atoms with E-state index in [9.17, 15) is 0 Å². The van der Waals surface area contributed by atoms with E-state index < -0.39 is 0 Å². The lowest BCUT2D eigenvalue weighted by molar-refractivity contribution is 0.588. The highest BCUT2D eigenvalue weighted by Gasteiger charge is 2.21. The van der Waals surface area contributed by atoms with Crippen LogP contribution in [-0.2, 0) is 6.42 Å². The fourth-order valence-corrected chi connectivity index (χ4v) is 3.25. The molecule has 1 saturated heterocycles. The molecule has 1 aromatic carbocycles. The number of nitrogens with one attached hydrogen (secondary N) is 1. The minimum atomic E-state index is 0.763. The molecule has 1 aromatic rings. The molecular formula is C15H21N. The molecule has 16 heavy (non-hydrogen) atoms. The molecule has 1 heteroatoms. The third-order valence-electron chi connectivity index (χ3n) is 4.32. The number of fused-ring (bicyclic) bond motifs is 1. The molecule has 1 aliphatic carbocycles. The van der Waals surface area contributed by atoms with Crippen LogP contribution in [0, 0.1) is 0 Å². The van der Waals surface area contributed by atoms with E-state index in [1.54, 1.807) is 16.7 Å². The number of aryl methyl sites for hydroxylation is 1. The Morgan fingerprint density at radius 1 is 1.25 bits per heavy atom. The monoisotopic (exact) mass is 215 g/mol. The van der Waals surface area contributed by atoms with Gasteiger partial charge in [0, 0.05) is 6.54 Å². The van der Waals surface area contributed by atoms with Gasteiger partial charge in [0.1, 0.15) is 0 Å². The average Bonchev–Trinajstić information content (AvgIpc) is 2.83. The fourth-order valence-electron chi connectivity index (χ4n) is 3.25. The zero-order valence-corrected chi connectivity index (χ0v) is 10.1. The van der Waals surface area contributed by atoms with Crippen molar-refractivity contribution in [3.8, 4) is 0 Å². The molecule has 0 bridgehead atoms. The van der Waals surface area contributed by atoms with E-state index in [1.165, 1.54) is 38.8 Å². The van der Waals surface area contributed by atoms with Gasteiger partial charge in [-0.1, -0.05) is 25.1 Å². The van der Waals surface area contributed by atoms with Gasteiger partial charge in [0.2, 0.25) is 0 Å². The number of hydrogen-bond acceptors (Lipinski definition) is 1. The van der Waals surface area contributed by atoms with Gasteiger partial charge in [-0.25, -0.2) is 0 Å². The summed E-state index contributed by atoms with van der Waals surface area (Å²) >= 11 is 0. The van der Waals surface area contributed by atoms with Crippen LogP contribution < -0.4 is 5.32 Å². The van der Waals surface area contributed by atoms with Crippen LogP contribution in [0.1, 0.15) is 54.7 Å². The number of hydrogen-bond donors (Lipinski definition) is 1. The molecule has 0 amide bonds. The third-order valence-corrected chi connectivity index (χ3v) is 4.32. The summed E-state index contributed by atoms with van der Waals surface area (Å²) in [6.07, 6.45) is 5.36. The van der Waals surface area contributed by atoms with E-state index in [1.807, 2.05) is 0 Å². The maximum atomic E-state index is 3.46. The van der Waals surface area contributed by atoms with Gasteiger partial charge in [0.15, 0.2) is 0 Å². The van der Waals surface area contributed by atoms with E-state index in [0.717, 1.165) is 11.8 Å². The van der Waals surface area contributed by atoms with Crippen molar-refractivity contribution in [3.05, 3.63) is 34.9 Å². The van der Waals surface area contributed by atoms with Crippen LogP contribution in [0.4, 0.5) is 0 Å². The highest BCUT2D eigenvalue weighted by Crippen LogP contribution is 2.34. The van der Waals surface area contributed by atoms with Crippen LogP contribution in [-0.4, -0.2) is 13.1 Å². The molecule has 0 spiro atoms. The molecule has 3 rings (SSSR count). The number of benzene rings is 1. The molecule has 0 saturated carbocycles. The summed E-state index contributed by atoms with van der Waals surface area (Å²) in [7, 11) is 0. The van der Waals surface area contributed by atoms with E-state index in [0.29, 0.717) is 0 Å².